The number of carbonyl (C=O) groups is 1. The van der Waals surface area contributed by atoms with Crippen molar-refractivity contribution < 1.29 is 9.53 Å². The average molecular weight is 226 g/mol. The molecule has 2 heterocycles. The van der Waals surface area contributed by atoms with E-state index in [9.17, 15) is 4.79 Å². The average Bonchev–Trinajstić information content (AvgIpc) is 2.31. The Morgan fingerprint density at radius 3 is 2.50 bits per heavy atom. The van der Waals surface area contributed by atoms with Crippen LogP contribution in [0, 0.1) is 5.92 Å². The van der Waals surface area contributed by atoms with E-state index in [0.29, 0.717) is 11.7 Å². The molecule has 0 saturated carbocycles. The second kappa shape index (κ2) is 5.75. The Morgan fingerprint density at radius 1 is 1.31 bits per heavy atom. The smallest absolute Gasteiger partial charge is 0.147 e. The van der Waals surface area contributed by atoms with Crippen LogP contribution in [-0.4, -0.2) is 56.1 Å². The number of nitrogens with zero attached hydrogens (tertiary/aromatic N) is 1. The molecule has 2 rings (SSSR count). The summed E-state index contributed by atoms with van der Waals surface area (Å²) in [5.41, 5.74) is 0. The number of nitrogens with one attached hydrogen (secondary N) is 1. The molecule has 0 bridgehead atoms. The molecule has 1 unspecified atom stereocenters. The fourth-order valence-corrected chi connectivity index (χ4v) is 2.88. The van der Waals surface area contributed by atoms with Crippen molar-refractivity contribution in [1.82, 2.24) is 10.2 Å². The SMILES string of the molecule is CC(=O)C(C1CCOCC1)N1CCNCC1. The van der Waals surface area contributed by atoms with Gasteiger partial charge in [-0.15, -0.1) is 0 Å². The van der Waals surface area contributed by atoms with E-state index < -0.39 is 0 Å². The van der Waals surface area contributed by atoms with Gasteiger partial charge in [-0.1, -0.05) is 0 Å². The molecular weight excluding hydrogens is 204 g/mol. The standard InChI is InChI=1S/C12H22N2O2/c1-10(15)12(11-2-8-16-9-3-11)14-6-4-13-5-7-14/h11-13H,2-9H2,1H3. The summed E-state index contributed by atoms with van der Waals surface area (Å²) in [6, 6.07) is 0.131. The molecule has 2 aliphatic rings. The predicted octanol–water partition coefficient (Wildman–Crippen LogP) is 0.276. The van der Waals surface area contributed by atoms with Crippen molar-refractivity contribution in [2.24, 2.45) is 5.92 Å². The van der Waals surface area contributed by atoms with Crippen LogP contribution in [0.25, 0.3) is 0 Å². The van der Waals surface area contributed by atoms with Crippen molar-refractivity contribution in [1.29, 1.82) is 0 Å². The van der Waals surface area contributed by atoms with E-state index in [1.54, 1.807) is 6.92 Å². The molecule has 0 spiro atoms. The lowest BCUT2D eigenvalue weighted by atomic mass is 9.88. The first kappa shape index (κ1) is 12.0. The zero-order valence-corrected chi connectivity index (χ0v) is 10.1. The summed E-state index contributed by atoms with van der Waals surface area (Å²) in [6.45, 7) is 7.40. The molecule has 2 aliphatic heterocycles. The summed E-state index contributed by atoms with van der Waals surface area (Å²) in [4.78, 5) is 14.2. The van der Waals surface area contributed by atoms with E-state index in [1.165, 1.54) is 0 Å². The highest BCUT2D eigenvalue weighted by molar-refractivity contribution is 5.81. The van der Waals surface area contributed by atoms with Crippen molar-refractivity contribution in [2.75, 3.05) is 39.4 Å². The van der Waals surface area contributed by atoms with Gasteiger partial charge in [0.25, 0.3) is 0 Å². The van der Waals surface area contributed by atoms with Gasteiger partial charge in [-0.25, -0.2) is 0 Å². The van der Waals surface area contributed by atoms with Gasteiger partial charge in [0.05, 0.1) is 6.04 Å². The van der Waals surface area contributed by atoms with Crippen LogP contribution in [0.2, 0.25) is 0 Å². The number of carbonyl (C=O) groups excluding carboxylic acids is 1. The summed E-state index contributed by atoms with van der Waals surface area (Å²) < 4.78 is 5.37. The summed E-state index contributed by atoms with van der Waals surface area (Å²) in [5.74, 6) is 0.832. The number of rotatable bonds is 3. The number of Topliss-reactive ketones (excluding diaryl/α,β-unsaturated/α-hetero) is 1. The minimum absolute atomic E-state index is 0.131. The van der Waals surface area contributed by atoms with Crippen molar-refractivity contribution in [3.63, 3.8) is 0 Å². The minimum Gasteiger partial charge on any atom is -0.381 e. The van der Waals surface area contributed by atoms with Crippen LogP contribution in [0.3, 0.4) is 0 Å². The Balaban J connectivity index is 1.99. The van der Waals surface area contributed by atoms with Crippen LogP contribution in [0.5, 0.6) is 0 Å². The molecule has 4 nitrogen and oxygen atoms in total. The first-order valence-corrected chi connectivity index (χ1v) is 6.32. The Bertz CT molecular complexity index is 215. The van der Waals surface area contributed by atoms with Crippen LogP contribution in [-0.2, 0) is 9.53 Å². The van der Waals surface area contributed by atoms with Gasteiger partial charge in [0.1, 0.15) is 5.78 Å². The molecule has 16 heavy (non-hydrogen) atoms. The molecule has 92 valence electrons. The lowest BCUT2D eigenvalue weighted by Crippen LogP contribution is -2.54. The monoisotopic (exact) mass is 226 g/mol. The van der Waals surface area contributed by atoms with E-state index >= 15 is 0 Å². The Morgan fingerprint density at radius 2 is 1.94 bits per heavy atom. The second-order valence-electron chi connectivity index (χ2n) is 4.79. The highest BCUT2D eigenvalue weighted by Gasteiger charge is 2.32. The molecule has 0 aliphatic carbocycles. The van der Waals surface area contributed by atoms with E-state index in [-0.39, 0.29) is 6.04 Å². The van der Waals surface area contributed by atoms with Gasteiger partial charge in [-0.05, 0) is 25.7 Å². The van der Waals surface area contributed by atoms with Crippen molar-refractivity contribution in [3.8, 4) is 0 Å². The Kier molecular flexibility index (Phi) is 4.32. The molecule has 0 radical (unpaired) electrons. The van der Waals surface area contributed by atoms with Crippen molar-refractivity contribution in [3.05, 3.63) is 0 Å². The molecule has 0 amide bonds. The topological polar surface area (TPSA) is 41.6 Å². The third kappa shape index (κ3) is 2.81. The van der Waals surface area contributed by atoms with Gasteiger partial charge in [-0.3, -0.25) is 9.69 Å². The van der Waals surface area contributed by atoms with Crippen LogP contribution in [0.1, 0.15) is 19.8 Å². The molecule has 4 heteroatoms. The predicted molar refractivity (Wildman–Crippen MR) is 62.5 cm³/mol. The lowest BCUT2D eigenvalue weighted by Gasteiger charge is -2.39. The van der Waals surface area contributed by atoms with Crippen LogP contribution < -0.4 is 5.32 Å². The first-order valence-electron chi connectivity index (χ1n) is 6.32. The number of piperazine rings is 1. The fourth-order valence-electron chi connectivity index (χ4n) is 2.88. The minimum atomic E-state index is 0.131. The first-order chi connectivity index (χ1) is 7.79. The molecule has 0 aromatic rings. The third-order valence-electron chi connectivity index (χ3n) is 3.67. The van der Waals surface area contributed by atoms with Crippen LogP contribution >= 0.6 is 0 Å². The molecule has 1 atom stereocenters. The number of ether oxygens (including phenoxy) is 1. The molecule has 0 aromatic carbocycles. The van der Waals surface area contributed by atoms with E-state index in [4.69, 9.17) is 4.74 Å². The van der Waals surface area contributed by atoms with Gasteiger partial charge in [-0.2, -0.15) is 0 Å². The largest absolute Gasteiger partial charge is 0.381 e. The molecule has 1 N–H and O–H groups in total. The van der Waals surface area contributed by atoms with E-state index in [0.717, 1.165) is 52.2 Å². The summed E-state index contributed by atoms with van der Waals surface area (Å²) in [7, 11) is 0. The maximum Gasteiger partial charge on any atom is 0.147 e. The normalized spacial score (nSPS) is 26.6. The zero-order valence-electron chi connectivity index (χ0n) is 10.1. The molecular formula is C12H22N2O2. The molecule has 2 fully saturated rings. The lowest BCUT2D eigenvalue weighted by molar-refractivity contribution is -0.126. The number of hydrogen-bond donors (Lipinski definition) is 1. The highest BCUT2D eigenvalue weighted by Crippen LogP contribution is 2.23. The van der Waals surface area contributed by atoms with Crippen LogP contribution in [0.4, 0.5) is 0 Å². The van der Waals surface area contributed by atoms with Gasteiger partial charge >= 0.3 is 0 Å². The van der Waals surface area contributed by atoms with Gasteiger partial charge in [0.2, 0.25) is 0 Å². The van der Waals surface area contributed by atoms with E-state index in [2.05, 4.69) is 10.2 Å². The second-order valence-corrected chi connectivity index (χ2v) is 4.79. The molecule has 2 saturated heterocycles. The number of hydrogen-bond acceptors (Lipinski definition) is 4. The van der Waals surface area contributed by atoms with Gasteiger partial charge in [0, 0.05) is 39.4 Å². The maximum atomic E-state index is 11.8. The maximum absolute atomic E-state index is 11.8. The molecule has 0 aromatic heterocycles. The Hall–Kier alpha value is -0.450. The summed E-state index contributed by atoms with van der Waals surface area (Å²) in [5, 5.41) is 3.33. The van der Waals surface area contributed by atoms with Crippen molar-refractivity contribution >= 4 is 5.78 Å². The Labute approximate surface area is 97.3 Å². The zero-order chi connectivity index (χ0) is 11.4. The highest BCUT2D eigenvalue weighted by atomic mass is 16.5. The third-order valence-corrected chi connectivity index (χ3v) is 3.67. The van der Waals surface area contributed by atoms with E-state index in [1.807, 2.05) is 0 Å². The van der Waals surface area contributed by atoms with Gasteiger partial charge < -0.3 is 10.1 Å². The summed E-state index contributed by atoms with van der Waals surface area (Å²) >= 11 is 0. The summed E-state index contributed by atoms with van der Waals surface area (Å²) in [6.07, 6.45) is 2.07. The van der Waals surface area contributed by atoms with Gasteiger partial charge in [0.15, 0.2) is 0 Å². The fraction of sp³-hybridized carbons (Fsp3) is 0.917. The number of ketones is 1. The van der Waals surface area contributed by atoms with Crippen LogP contribution in [0.15, 0.2) is 0 Å². The quantitative estimate of drug-likeness (QED) is 0.750. The van der Waals surface area contributed by atoms with Crippen molar-refractivity contribution in [2.45, 2.75) is 25.8 Å².